The number of benzene rings is 1. The molecule has 0 aliphatic carbocycles. The Morgan fingerprint density at radius 3 is 2.75 bits per heavy atom. The normalized spacial score (nSPS) is 16.5. The summed E-state index contributed by atoms with van der Waals surface area (Å²) in [6.45, 7) is 10.2. The molecule has 1 aliphatic heterocycles. The zero-order chi connectivity index (χ0) is 17.6. The van der Waals surface area contributed by atoms with Gasteiger partial charge < -0.3 is 4.55 Å². The largest absolute Gasteiger partial charge is 0.591 e. The molecular weight excluding hydrogens is 322 g/mol. The molecule has 0 bridgehead atoms. The van der Waals surface area contributed by atoms with E-state index in [0.29, 0.717) is 16.6 Å². The van der Waals surface area contributed by atoms with E-state index in [9.17, 15) is 9.35 Å². The maximum Gasteiger partial charge on any atom is 0.261 e. The molecule has 0 fully saturated rings. The number of aryl methyl sites for hydroxylation is 2. The number of rotatable bonds is 2. The van der Waals surface area contributed by atoms with Crippen molar-refractivity contribution in [2.75, 3.05) is 0 Å². The van der Waals surface area contributed by atoms with Gasteiger partial charge in [0.15, 0.2) is 0 Å². The summed E-state index contributed by atoms with van der Waals surface area (Å²) in [5.41, 5.74) is 3.13. The van der Waals surface area contributed by atoms with Crippen LogP contribution in [0.1, 0.15) is 51.1 Å². The summed E-state index contributed by atoms with van der Waals surface area (Å²) in [6, 6.07) is 3.85. The second-order valence-corrected chi connectivity index (χ2v) is 9.24. The standard InChI is InChI=1S/C18H23N3O2S/c1-11-9-13(12(2)20-24(23)18(3,4)5)16-14(10-11)17(22)21-8-6-7-15(21)19-16/h9-10H,6-8H2,1-5H3. The second-order valence-electron chi connectivity index (χ2n) is 7.34. The summed E-state index contributed by atoms with van der Waals surface area (Å²) in [5.74, 6) is 0.836. The first-order valence-electron chi connectivity index (χ1n) is 8.20. The second kappa shape index (κ2) is 6.01. The van der Waals surface area contributed by atoms with Crippen molar-refractivity contribution in [3.8, 4) is 0 Å². The smallest absolute Gasteiger partial charge is 0.261 e. The van der Waals surface area contributed by atoms with Crippen molar-refractivity contribution in [2.24, 2.45) is 4.40 Å². The summed E-state index contributed by atoms with van der Waals surface area (Å²) in [7, 11) is 0. The van der Waals surface area contributed by atoms with Gasteiger partial charge in [0, 0.05) is 18.5 Å². The third-order valence-electron chi connectivity index (χ3n) is 4.20. The molecule has 0 spiro atoms. The van der Waals surface area contributed by atoms with E-state index in [-0.39, 0.29) is 5.56 Å². The molecule has 1 aliphatic rings. The molecule has 0 saturated carbocycles. The van der Waals surface area contributed by atoms with Crippen LogP contribution in [0, 0.1) is 6.92 Å². The van der Waals surface area contributed by atoms with Gasteiger partial charge in [0.05, 0.1) is 16.6 Å². The molecule has 128 valence electrons. The van der Waals surface area contributed by atoms with Crippen LogP contribution in [0.2, 0.25) is 0 Å². The van der Waals surface area contributed by atoms with Gasteiger partial charge in [-0.15, -0.1) is 0 Å². The van der Waals surface area contributed by atoms with E-state index in [1.807, 2.05) is 46.8 Å². The van der Waals surface area contributed by atoms with E-state index in [0.717, 1.165) is 36.3 Å². The zero-order valence-corrected chi connectivity index (χ0v) is 15.7. The van der Waals surface area contributed by atoms with Gasteiger partial charge in [0.25, 0.3) is 5.56 Å². The Kier molecular flexibility index (Phi) is 4.30. The highest BCUT2D eigenvalue weighted by Gasteiger charge is 2.27. The summed E-state index contributed by atoms with van der Waals surface area (Å²) in [4.78, 5) is 17.5. The first-order chi connectivity index (χ1) is 11.2. The van der Waals surface area contributed by atoms with Crippen LogP contribution < -0.4 is 5.56 Å². The lowest BCUT2D eigenvalue weighted by Crippen LogP contribution is -2.27. The van der Waals surface area contributed by atoms with Crippen molar-refractivity contribution in [2.45, 2.75) is 58.8 Å². The molecule has 1 atom stereocenters. The molecule has 6 heteroatoms. The molecule has 1 aromatic carbocycles. The summed E-state index contributed by atoms with van der Waals surface area (Å²) >= 11 is -1.35. The molecule has 0 saturated heterocycles. The molecule has 5 nitrogen and oxygen atoms in total. The van der Waals surface area contributed by atoms with Gasteiger partial charge in [-0.2, -0.15) is 0 Å². The number of nitrogens with zero attached hydrogens (tertiary/aromatic N) is 3. The quantitative estimate of drug-likeness (QED) is 0.621. The van der Waals surface area contributed by atoms with Crippen LogP contribution in [0.4, 0.5) is 0 Å². The lowest BCUT2D eigenvalue weighted by molar-refractivity contribution is 0.561. The zero-order valence-electron chi connectivity index (χ0n) is 14.8. The van der Waals surface area contributed by atoms with E-state index < -0.39 is 16.1 Å². The van der Waals surface area contributed by atoms with Gasteiger partial charge >= 0.3 is 0 Å². The van der Waals surface area contributed by atoms with E-state index in [1.165, 1.54) is 0 Å². The highest BCUT2D eigenvalue weighted by molar-refractivity contribution is 7.91. The van der Waals surface area contributed by atoms with Crippen LogP contribution in [0.15, 0.2) is 21.3 Å². The van der Waals surface area contributed by atoms with Gasteiger partial charge in [0.2, 0.25) is 0 Å². The number of fused-ring (bicyclic) bond motifs is 2. The van der Waals surface area contributed by atoms with Gasteiger partial charge in [0.1, 0.15) is 21.9 Å². The third kappa shape index (κ3) is 3.00. The van der Waals surface area contributed by atoms with Crippen LogP contribution in [0.5, 0.6) is 0 Å². The Balaban J connectivity index is 2.24. The van der Waals surface area contributed by atoms with Gasteiger partial charge in [-0.1, -0.05) is 4.40 Å². The van der Waals surface area contributed by atoms with E-state index in [2.05, 4.69) is 4.40 Å². The molecular formula is C18H23N3O2S. The van der Waals surface area contributed by atoms with Crippen molar-refractivity contribution in [3.63, 3.8) is 0 Å². The minimum atomic E-state index is -1.35. The predicted octanol–water partition coefficient (Wildman–Crippen LogP) is 2.92. The van der Waals surface area contributed by atoms with Crippen LogP contribution in [-0.2, 0) is 24.3 Å². The van der Waals surface area contributed by atoms with E-state index in [1.54, 1.807) is 4.57 Å². The third-order valence-corrected chi connectivity index (χ3v) is 5.69. The Bertz CT molecular complexity index is 894. The number of aromatic nitrogens is 2. The lowest BCUT2D eigenvalue weighted by atomic mass is 10.0. The molecule has 2 aromatic rings. The van der Waals surface area contributed by atoms with Crippen LogP contribution in [0.25, 0.3) is 10.9 Å². The van der Waals surface area contributed by atoms with Gasteiger partial charge in [-0.25, -0.2) is 4.98 Å². The Hall–Kier alpha value is -1.66. The molecule has 2 heterocycles. The average Bonchev–Trinajstić information content (AvgIpc) is 2.95. The molecule has 24 heavy (non-hydrogen) atoms. The topological polar surface area (TPSA) is 70.3 Å². The van der Waals surface area contributed by atoms with Crippen molar-refractivity contribution in [3.05, 3.63) is 39.4 Å². The minimum Gasteiger partial charge on any atom is -0.591 e. The van der Waals surface area contributed by atoms with Crippen LogP contribution >= 0.6 is 0 Å². The Morgan fingerprint density at radius 1 is 1.38 bits per heavy atom. The number of hydrogen-bond donors (Lipinski definition) is 0. The van der Waals surface area contributed by atoms with E-state index in [4.69, 9.17) is 4.98 Å². The molecule has 3 rings (SSSR count). The highest BCUT2D eigenvalue weighted by atomic mass is 32.2. The van der Waals surface area contributed by atoms with Gasteiger partial charge in [-0.3, -0.25) is 9.36 Å². The minimum absolute atomic E-state index is 0.0159. The van der Waals surface area contributed by atoms with Crippen molar-refractivity contribution in [1.82, 2.24) is 9.55 Å². The van der Waals surface area contributed by atoms with Crippen LogP contribution in [0.3, 0.4) is 0 Å². The molecule has 1 aromatic heterocycles. The predicted molar refractivity (Wildman–Crippen MR) is 99.2 cm³/mol. The summed E-state index contributed by atoms with van der Waals surface area (Å²) in [6.07, 6.45) is 1.77. The average molecular weight is 345 g/mol. The molecule has 0 amide bonds. The molecule has 1 unspecified atom stereocenters. The van der Waals surface area contributed by atoms with E-state index >= 15 is 0 Å². The highest BCUT2D eigenvalue weighted by Crippen LogP contribution is 2.23. The Labute approximate surface area is 145 Å². The fourth-order valence-corrected chi connectivity index (χ4v) is 3.54. The fourth-order valence-electron chi connectivity index (χ4n) is 2.92. The SMILES string of the molecule is CC(=N[S+]([O-])C(C)(C)C)c1cc(C)cc2c(=O)n3c(nc12)CCC3. The molecule has 0 radical (unpaired) electrons. The fraction of sp³-hybridized carbons (Fsp3) is 0.500. The first-order valence-corrected chi connectivity index (χ1v) is 9.31. The van der Waals surface area contributed by atoms with Crippen molar-refractivity contribution >= 4 is 28.0 Å². The monoisotopic (exact) mass is 345 g/mol. The lowest BCUT2D eigenvalue weighted by Gasteiger charge is -2.19. The first kappa shape index (κ1) is 17.2. The van der Waals surface area contributed by atoms with Crippen molar-refractivity contribution in [1.29, 1.82) is 0 Å². The summed E-state index contributed by atoms with van der Waals surface area (Å²) in [5, 5.41) is 0.617. The maximum atomic E-state index is 12.8. The van der Waals surface area contributed by atoms with Crippen molar-refractivity contribution < 1.29 is 4.55 Å². The van der Waals surface area contributed by atoms with Gasteiger partial charge in [-0.05, 0) is 58.7 Å². The maximum absolute atomic E-state index is 12.8. The number of hydrogen-bond acceptors (Lipinski definition) is 4. The Morgan fingerprint density at radius 2 is 2.08 bits per heavy atom. The molecule has 0 N–H and O–H groups in total. The summed E-state index contributed by atoms with van der Waals surface area (Å²) < 4.78 is 18.1. The van der Waals surface area contributed by atoms with Crippen LogP contribution in [-0.4, -0.2) is 24.6 Å².